The number of fused-ring (bicyclic) bond motifs is 3. The van der Waals surface area contributed by atoms with Crippen molar-refractivity contribution in [3.05, 3.63) is 83.4 Å². The fourth-order valence-corrected chi connectivity index (χ4v) is 4.72. The summed E-state index contributed by atoms with van der Waals surface area (Å²) in [5, 5.41) is 16.7. The summed E-state index contributed by atoms with van der Waals surface area (Å²) < 4.78 is 5.10. The highest BCUT2D eigenvalue weighted by atomic mass is 16.5. The van der Waals surface area contributed by atoms with Crippen molar-refractivity contribution in [2.24, 2.45) is 5.10 Å². The first-order valence-corrected chi connectivity index (χ1v) is 10.4. The van der Waals surface area contributed by atoms with Gasteiger partial charge in [-0.05, 0) is 34.9 Å². The normalized spacial score (nSPS) is 16.6. The van der Waals surface area contributed by atoms with Gasteiger partial charge >= 0.3 is 0 Å². The van der Waals surface area contributed by atoms with Crippen LogP contribution in [-0.4, -0.2) is 49.6 Å². The molecule has 5 rings (SSSR count). The number of hydrazone groups is 1. The molecule has 0 unspecified atom stereocenters. The molecule has 0 radical (unpaired) electrons. The molecular formula is C25H26N3O2+. The van der Waals surface area contributed by atoms with E-state index in [-0.39, 0.29) is 5.75 Å². The van der Waals surface area contributed by atoms with Gasteiger partial charge in [0.1, 0.15) is 6.04 Å². The lowest BCUT2D eigenvalue weighted by atomic mass is 10.0. The van der Waals surface area contributed by atoms with Gasteiger partial charge in [0.2, 0.25) is 0 Å². The molecule has 152 valence electrons. The summed E-state index contributed by atoms with van der Waals surface area (Å²) in [7, 11) is 1.55. The van der Waals surface area contributed by atoms with E-state index in [1.807, 2.05) is 12.3 Å². The zero-order chi connectivity index (χ0) is 20.5. The maximum Gasteiger partial charge on any atom is 0.160 e. The quantitative estimate of drug-likeness (QED) is 0.662. The molecule has 3 aromatic carbocycles. The Kier molecular flexibility index (Phi) is 4.89. The van der Waals surface area contributed by atoms with Crippen molar-refractivity contribution in [3.8, 4) is 22.6 Å². The Morgan fingerprint density at radius 1 is 0.967 bits per heavy atom. The molecule has 2 N–H and O–H groups in total. The number of nitrogens with zero attached hydrogens (tertiary/aromatic N) is 2. The van der Waals surface area contributed by atoms with E-state index < -0.39 is 0 Å². The van der Waals surface area contributed by atoms with E-state index in [1.54, 1.807) is 24.1 Å². The van der Waals surface area contributed by atoms with Crippen molar-refractivity contribution in [3.63, 3.8) is 0 Å². The molecule has 1 heterocycles. The van der Waals surface area contributed by atoms with Gasteiger partial charge < -0.3 is 14.7 Å². The number of piperazine rings is 1. The highest BCUT2D eigenvalue weighted by Gasteiger charge is 2.37. The van der Waals surface area contributed by atoms with E-state index in [4.69, 9.17) is 4.74 Å². The first-order chi connectivity index (χ1) is 14.7. The molecule has 1 aliphatic heterocycles. The van der Waals surface area contributed by atoms with Crippen LogP contribution >= 0.6 is 0 Å². The maximum absolute atomic E-state index is 9.94. The molecule has 1 aliphatic carbocycles. The average molecular weight is 401 g/mol. The maximum atomic E-state index is 9.94. The highest BCUT2D eigenvalue weighted by molar-refractivity contribution is 5.80. The fraction of sp³-hybridized carbons (Fsp3) is 0.240. The van der Waals surface area contributed by atoms with Crippen LogP contribution < -0.4 is 9.64 Å². The second kappa shape index (κ2) is 7.84. The Balaban J connectivity index is 1.29. The Labute approximate surface area is 176 Å². The predicted octanol–water partition coefficient (Wildman–Crippen LogP) is 2.71. The molecule has 0 bridgehead atoms. The molecule has 2 aliphatic rings. The van der Waals surface area contributed by atoms with Crippen LogP contribution in [0.15, 0.2) is 71.8 Å². The molecule has 3 aromatic rings. The van der Waals surface area contributed by atoms with Crippen molar-refractivity contribution in [1.82, 2.24) is 5.01 Å². The zero-order valence-corrected chi connectivity index (χ0v) is 17.1. The summed E-state index contributed by atoms with van der Waals surface area (Å²) >= 11 is 0. The second-order valence-corrected chi connectivity index (χ2v) is 7.90. The summed E-state index contributed by atoms with van der Waals surface area (Å²) in [5.41, 5.74) is 6.51. The van der Waals surface area contributed by atoms with Crippen molar-refractivity contribution in [2.75, 3.05) is 33.3 Å². The van der Waals surface area contributed by atoms with E-state index >= 15 is 0 Å². The number of phenolic OH excluding ortho intramolecular Hbond substituents is 1. The molecule has 0 aromatic heterocycles. The van der Waals surface area contributed by atoms with Crippen LogP contribution in [0, 0.1) is 0 Å². The number of phenols is 1. The minimum atomic E-state index is 0.134. The van der Waals surface area contributed by atoms with Crippen LogP contribution in [0.1, 0.15) is 22.7 Å². The summed E-state index contributed by atoms with van der Waals surface area (Å²) in [6.07, 6.45) is 1.81. The van der Waals surface area contributed by atoms with Crippen LogP contribution in [0.4, 0.5) is 0 Å². The third-order valence-corrected chi connectivity index (χ3v) is 6.20. The number of hydrogen-bond donors (Lipinski definition) is 2. The van der Waals surface area contributed by atoms with Crippen LogP contribution in [0.25, 0.3) is 11.1 Å². The molecule has 0 saturated carbocycles. The first-order valence-electron chi connectivity index (χ1n) is 10.4. The summed E-state index contributed by atoms with van der Waals surface area (Å²) in [5.74, 6) is 0.607. The van der Waals surface area contributed by atoms with Gasteiger partial charge in [-0.2, -0.15) is 5.10 Å². The van der Waals surface area contributed by atoms with Crippen LogP contribution in [-0.2, 0) is 0 Å². The Morgan fingerprint density at radius 3 is 2.20 bits per heavy atom. The smallest absolute Gasteiger partial charge is 0.160 e. The molecule has 1 fully saturated rings. The van der Waals surface area contributed by atoms with E-state index in [9.17, 15) is 5.11 Å². The Bertz CT molecular complexity index is 1040. The number of hydrogen-bond acceptors (Lipinski definition) is 4. The number of benzene rings is 3. The molecule has 0 amide bonds. The van der Waals surface area contributed by atoms with Gasteiger partial charge in [-0.3, -0.25) is 5.01 Å². The summed E-state index contributed by atoms with van der Waals surface area (Å²) in [6.45, 7) is 3.90. The number of nitrogens with one attached hydrogen (secondary N) is 1. The van der Waals surface area contributed by atoms with Gasteiger partial charge in [-0.15, -0.1) is 0 Å². The third-order valence-electron chi connectivity index (χ3n) is 6.20. The van der Waals surface area contributed by atoms with Gasteiger partial charge in [0.15, 0.2) is 11.5 Å². The minimum absolute atomic E-state index is 0.134. The van der Waals surface area contributed by atoms with Crippen LogP contribution in [0.2, 0.25) is 0 Å². The largest absolute Gasteiger partial charge is 0.504 e. The van der Waals surface area contributed by atoms with E-state index in [0.29, 0.717) is 11.8 Å². The van der Waals surface area contributed by atoms with Gasteiger partial charge in [0.25, 0.3) is 0 Å². The fourth-order valence-electron chi connectivity index (χ4n) is 4.72. The molecule has 0 spiro atoms. The van der Waals surface area contributed by atoms with Crippen molar-refractivity contribution >= 4 is 6.21 Å². The Morgan fingerprint density at radius 2 is 1.60 bits per heavy atom. The van der Waals surface area contributed by atoms with Crippen molar-refractivity contribution < 1.29 is 14.7 Å². The SMILES string of the molecule is COc1ccc(/C=N\N2CC[NH+](C3c4ccccc4-c4ccccc43)CC2)cc1O. The van der Waals surface area contributed by atoms with Crippen molar-refractivity contribution in [1.29, 1.82) is 0 Å². The molecular weight excluding hydrogens is 374 g/mol. The lowest BCUT2D eigenvalue weighted by Gasteiger charge is -2.34. The summed E-state index contributed by atoms with van der Waals surface area (Å²) in [6, 6.07) is 23.4. The van der Waals surface area contributed by atoms with Crippen molar-refractivity contribution in [2.45, 2.75) is 6.04 Å². The number of ether oxygens (including phenoxy) is 1. The summed E-state index contributed by atoms with van der Waals surface area (Å²) in [4.78, 5) is 1.60. The molecule has 0 atom stereocenters. The lowest BCUT2D eigenvalue weighted by molar-refractivity contribution is -0.929. The number of quaternary nitrogens is 1. The lowest BCUT2D eigenvalue weighted by Crippen LogP contribution is -3.14. The van der Waals surface area contributed by atoms with E-state index in [2.05, 4.69) is 58.6 Å². The van der Waals surface area contributed by atoms with E-state index in [1.165, 1.54) is 22.3 Å². The highest BCUT2D eigenvalue weighted by Crippen LogP contribution is 2.41. The zero-order valence-electron chi connectivity index (χ0n) is 17.1. The second-order valence-electron chi connectivity index (χ2n) is 7.90. The topological polar surface area (TPSA) is 49.5 Å². The monoisotopic (exact) mass is 400 g/mol. The third kappa shape index (κ3) is 3.31. The average Bonchev–Trinajstić information content (AvgIpc) is 3.13. The number of methoxy groups -OCH3 is 1. The molecule has 5 heteroatoms. The molecule has 1 saturated heterocycles. The standard InChI is InChI=1S/C25H25N3O2/c1-30-24-11-10-18(16-23(24)29)17-26-28-14-12-27(13-15-28)25-21-8-4-2-6-19(21)20-7-3-5-9-22(20)25/h2-11,16-17,25,29H,12-15H2,1H3/p+1/b26-17-. The minimum Gasteiger partial charge on any atom is -0.504 e. The van der Waals surface area contributed by atoms with Crippen LogP contribution in [0.3, 0.4) is 0 Å². The number of rotatable bonds is 4. The Hall–Kier alpha value is -3.31. The van der Waals surface area contributed by atoms with Crippen LogP contribution in [0.5, 0.6) is 11.5 Å². The van der Waals surface area contributed by atoms with Gasteiger partial charge in [-0.1, -0.05) is 48.5 Å². The molecule has 5 nitrogen and oxygen atoms in total. The predicted molar refractivity (Wildman–Crippen MR) is 118 cm³/mol. The van der Waals surface area contributed by atoms with Gasteiger partial charge in [0, 0.05) is 11.1 Å². The molecule has 30 heavy (non-hydrogen) atoms. The van der Waals surface area contributed by atoms with E-state index in [0.717, 1.165) is 31.7 Å². The van der Waals surface area contributed by atoms with Gasteiger partial charge in [-0.25, -0.2) is 0 Å². The van der Waals surface area contributed by atoms with Gasteiger partial charge in [0.05, 0.1) is 39.5 Å². The first kappa shape index (κ1) is 18.7. The number of aromatic hydroxyl groups is 1.